The van der Waals surface area contributed by atoms with Crippen LogP contribution in [0.2, 0.25) is 5.02 Å². The van der Waals surface area contributed by atoms with Gasteiger partial charge in [0.15, 0.2) is 0 Å². The maximum absolute atomic E-state index is 5.73. The van der Waals surface area contributed by atoms with Gasteiger partial charge in [0.05, 0.1) is 0 Å². The molecule has 1 aromatic carbocycles. The molecule has 0 aromatic heterocycles. The molecule has 1 rings (SSSR count). The average Bonchev–Trinajstić information content (AvgIpc) is 1.88. The number of hydrogen-bond donors (Lipinski definition) is 0. The van der Waals surface area contributed by atoms with Gasteiger partial charge in [-0.05, 0) is 23.2 Å². The van der Waals surface area contributed by atoms with Gasteiger partial charge in [-0.2, -0.15) is 0 Å². The molecule has 1 aromatic rings. The number of benzene rings is 1. The van der Waals surface area contributed by atoms with Crippen LogP contribution in [-0.4, -0.2) is 10.2 Å². The molecule has 0 amide bonds. The fourth-order valence-corrected chi connectivity index (χ4v) is 1.36. The van der Waals surface area contributed by atoms with Crippen LogP contribution >= 0.6 is 11.6 Å². The fraction of sp³-hybridized carbons (Fsp3) is 0.250. The van der Waals surface area contributed by atoms with Gasteiger partial charge in [0.25, 0.3) is 0 Å². The highest BCUT2D eigenvalue weighted by Gasteiger charge is 1.96. The summed E-state index contributed by atoms with van der Waals surface area (Å²) in [5, 5.41) is 0.825. The van der Waals surface area contributed by atoms with Crippen LogP contribution in [0.1, 0.15) is 18.0 Å². The summed E-state index contributed by atoms with van der Waals surface area (Å²) in [4.78, 5) is 0. The molecule has 0 bridgehead atoms. The summed E-state index contributed by atoms with van der Waals surface area (Å²) < 4.78 is 0. The van der Waals surface area contributed by atoms with Crippen LogP contribution in [0.5, 0.6) is 0 Å². The molecule has 10 heavy (non-hydrogen) atoms. The smallest absolute Gasteiger partial charge is 0.0406 e. The van der Waals surface area contributed by atoms with Crippen LogP contribution in [-0.2, 0) is 0 Å². The van der Waals surface area contributed by atoms with E-state index in [1.54, 1.807) is 0 Å². The van der Waals surface area contributed by atoms with Gasteiger partial charge >= 0.3 is 0 Å². The van der Waals surface area contributed by atoms with Crippen molar-refractivity contribution < 1.29 is 0 Å². The third-order valence-electron chi connectivity index (χ3n) is 1.54. The molecule has 0 fully saturated rings. The molecular weight excluding hydrogens is 160 g/mol. The lowest BCUT2D eigenvalue weighted by Gasteiger charge is -2.02. The van der Waals surface area contributed by atoms with Crippen molar-refractivity contribution in [3.8, 4) is 0 Å². The van der Waals surface area contributed by atoms with E-state index in [2.05, 4.69) is 19.1 Å². The first-order valence-electron chi connectivity index (χ1n) is 3.45. The Morgan fingerprint density at radius 2 is 1.80 bits per heavy atom. The summed E-state index contributed by atoms with van der Waals surface area (Å²) in [6.45, 7) is 2.23. The van der Waals surface area contributed by atoms with E-state index in [4.69, 9.17) is 11.6 Å². The van der Waals surface area contributed by atoms with Crippen LogP contribution in [0.15, 0.2) is 24.3 Å². The molecule has 0 nitrogen and oxygen atoms in total. The van der Waals surface area contributed by atoms with Crippen LogP contribution in [0.3, 0.4) is 0 Å². The van der Waals surface area contributed by atoms with Crippen molar-refractivity contribution in [2.24, 2.45) is 0 Å². The lowest BCUT2D eigenvalue weighted by molar-refractivity contribution is 1.08. The van der Waals surface area contributed by atoms with Gasteiger partial charge in [0.2, 0.25) is 0 Å². The number of halogens is 1. The maximum Gasteiger partial charge on any atom is 0.0406 e. The highest BCUT2D eigenvalue weighted by molar-refractivity contribution is 6.30. The van der Waals surface area contributed by atoms with Gasteiger partial charge < -0.3 is 0 Å². The summed E-state index contributed by atoms with van der Waals surface area (Å²) in [5.74, 6) is 0. The first-order chi connectivity index (χ1) is 4.70. The van der Waals surface area contributed by atoms with E-state index < -0.39 is 0 Å². The van der Waals surface area contributed by atoms with E-state index in [0.29, 0.717) is 0 Å². The topological polar surface area (TPSA) is 0 Å². The SMILES string of the molecule is CC([SiH3])c1ccc(Cl)cc1. The van der Waals surface area contributed by atoms with Crippen LogP contribution in [0.4, 0.5) is 0 Å². The summed E-state index contributed by atoms with van der Waals surface area (Å²) in [6, 6.07) is 8.09. The second kappa shape index (κ2) is 3.22. The zero-order chi connectivity index (χ0) is 7.56. The molecule has 0 spiro atoms. The van der Waals surface area contributed by atoms with Gasteiger partial charge in [-0.15, -0.1) is 0 Å². The highest BCUT2D eigenvalue weighted by Crippen LogP contribution is 2.14. The average molecular weight is 171 g/mol. The minimum atomic E-state index is 0.734. The van der Waals surface area contributed by atoms with Gasteiger partial charge in [-0.25, -0.2) is 0 Å². The Morgan fingerprint density at radius 3 is 2.20 bits per heavy atom. The molecule has 0 N–H and O–H groups in total. The van der Waals surface area contributed by atoms with E-state index in [1.807, 2.05) is 12.1 Å². The zero-order valence-corrected chi connectivity index (χ0v) is 9.02. The van der Waals surface area contributed by atoms with Crippen LogP contribution in [0, 0.1) is 0 Å². The lowest BCUT2D eigenvalue weighted by atomic mass is 10.2. The van der Waals surface area contributed by atoms with Gasteiger partial charge in [-0.1, -0.05) is 30.7 Å². The minimum absolute atomic E-state index is 0.734. The second-order valence-corrected chi connectivity index (χ2v) is 4.87. The molecule has 0 aliphatic carbocycles. The van der Waals surface area contributed by atoms with Crippen molar-refractivity contribution in [3.63, 3.8) is 0 Å². The third kappa shape index (κ3) is 1.86. The largest absolute Gasteiger partial charge is 0.0843 e. The Kier molecular flexibility index (Phi) is 2.52. The maximum atomic E-state index is 5.73. The predicted octanol–water partition coefficient (Wildman–Crippen LogP) is 1.77. The Labute approximate surface area is 69.6 Å². The molecule has 1 unspecified atom stereocenters. The van der Waals surface area contributed by atoms with Crippen molar-refractivity contribution in [2.75, 3.05) is 0 Å². The van der Waals surface area contributed by atoms with Crippen molar-refractivity contribution in [2.45, 2.75) is 12.5 Å². The molecule has 0 heterocycles. The Balaban J connectivity index is 2.89. The van der Waals surface area contributed by atoms with E-state index in [0.717, 1.165) is 10.6 Å². The van der Waals surface area contributed by atoms with E-state index in [1.165, 1.54) is 15.8 Å². The first kappa shape index (κ1) is 7.83. The van der Waals surface area contributed by atoms with E-state index in [-0.39, 0.29) is 0 Å². The Morgan fingerprint density at radius 1 is 1.30 bits per heavy atom. The fourth-order valence-electron chi connectivity index (χ4n) is 0.848. The van der Waals surface area contributed by atoms with Crippen molar-refractivity contribution in [1.82, 2.24) is 0 Å². The number of rotatable bonds is 1. The van der Waals surface area contributed by atoms with Crippen molar-refractivity contribution in [1.29, 1.82) is 0 Å². The van der Waals surface area contributed by atoms with Gasteiger partial charge in [-0.3, -0.25) is 0 Å². The monoisotopic (exact) mass is 170 g/mol. The predicted molar refractivity (Wildman–Crippen MR) is 49.8 cm³/mol. The lowest BCUT2D eigenvalue weighted by Crippen LogP contribution is -1.89. The summed E-state index contributed by atoms with van der Waals surface area (Å²) >= 11 is 5.73. The highest BCUT2D eigenvalue weighted by atomic mass is 35.5. The van der Waals surface area contributed by atoms with Crippen LogP contribution in [0.25, 0.3) is 0 Å². The molecule has 0 aliphatic heterocycles. The summed E-state index contributed by atoms with van der Waals surface area (Å²) in [5.41, 5.74) is 2.13. The molecule has 1 atom stereocenters. The third-order valence-corrected chi connectivity index (χ3v) is 2.46. The van der Waals surface area contributed by atoms with Crippen molar-refractivity contribution >= 4 is 21.8 Å². The van der Waals surface area contributed by atoms with E-state index >= 15 is 0 Å². The molecule has 0 saturated heterocycles. The molecule has 2 heteroatoms. The molecule has 0 radical (unpaired) electrons. The first-order valence-corrected chi connectivity index (χ1v) is 4.99. The van der Waals surface area contributed by atoms with Gasteiger partial charge in [0, 0.05) is 15.3 Å². The Hall–Kier alpha value is -0.273. The van der Waals surface area contributed by atoms with E-state index in [9.17, 15) is 0 Å². The second-order valence-electron chi connectivity index (χ2n) is 2.71. The molecular formula is C8H11ClSi. The summed E-state index contributed by atoms with van der Waals surface area (Å²) in [6.07, 6.45) is 0. The van der Waals surface area contributed by atoms with Crippen LogP contribution < -0.4 is 0 Å². The standard InChI is InChI=1S/C8H11ClSi/c1-6(10)7-2-4-8(9)5-3-7/h2-6H,1,10H3. The molecule has 54 valence electrons. The Bertz CT molecular complexity index is 203. The van der Waals surface area contributed by atoms with Crippen molar-refractivity contribution in [3.05, 3.63) is 34.9 Å². The molecule has 0 saturated carbocycles. The normalized spacial score (nSPS) is 13.4. The summed E-state index contributed by atoms with van der Waals surface area (Å²) in [7, 11) is 1.21. The molecule has 0 aliphatic rings. The van der Waals surface area contributed by atoms with Gasteiger partial charge in [0.1, 0.15) is 0 Å². The quantitative estimate of drug-likeness (QED) is 0.564. The minimum Gasteiger partial charge on any atom is -0.0843 e. The zero-order valence-electron chi connectivity index (χ0n) is 6.26. The number of hydrogen-bond acceptors (Lipinski definition) is 0.